The first-order valence-corrected chi connectivity index (χ1v) is 5.83. The Morgan fingerprint density at radius 3 is 2.61 bits per heavy atom. The Morgan fingerprint density at radius 2 is 2.11 bits per heavy atom. The normalized spacial score (nSPS) is 11.2. The minimum absolute atomic E-state index is 0.247. The third-order valence-electron chi connectivity index (χ3n) is 1.71. The van der Waals surface area contributed by atoms with Crippen LogP contribution in [0.15, 0.2) is 16.6 Å². The van der Waals surface area contributed by atoms with Gasteiger partial charge in [0.25, 0.3) is 0 Å². The third kappa shape index (κ3) is 3.52. The van der Waals surface area contributed by atoms with E-state index in [0.29, 0.717) is 0 Å². The molecular formula is C10H7BrClF3O3. The van der Waals surface area contributed by atoms with Gasteiger partial charge < -0.3 is 9.47 Å². The van der Waals surface area contributed by atoms with Crippen LogP contribution in [0.2, 0.25) is 5.02 Å². The molecule has 1 aromatic carbocycles. The molecule has 0 aliphatic heterocycles. The molecule has 0 heterocycles. The van der Waals surface area contributed by atoms with Crippen molar-refractivity contribution in [3.05, 3.63) is 27.4 Å². The Bertz CT molecular complexity index is 445. The number of esters is 1. The van der Waals surface area contributed by atoms with E-state index in [-0.39, 0.29) is 11.1 Å². The zero-order valence-corrected chi connectivity index (χ0v) is 11.3. The van der Waals surface area contributed by atoms with Gasteiger partial charge in [0, 0.05) is 4.47 Å². The predicted octanol–water partition coefficient (Wildman–Crippen LogP) is 3.78. The zero-order chi connectivity index (χ0) is 13.9. The molecule has 0 atom stereocenters. The van der Waals surface area contributed by atoms with Crippen LogP contribution in [-0.2, 0) is 9.53 Å². The summed E-state index contributed by atoms with van der Waals surface area (Å²) in [4.78, 5) is 10.9. The molecule has 0 saturated carbocycles. The van der Waals surface area contributed by atoms with Gasteiger partial charge in [0.05, 0.1) is 11.6 Å². The van der Waals surface area contributed by atoms with E-state index >= 15 is 0 Å². The quantitative estimate of drug-likeness (QED) is 0.778. The number of alkyl halides is 2. The van der Waals surface area contributed by atoms with Crippen molar-refractivity contribution < 1.29 is 27.4 Å². The molecule has 0 aliphatic carbocycles. The van der Waals surface area contributed by atoms with E-state index < -0.39 is 28.7 Å². The minimum Gasteiger partial charge on any atom is -0.459 e. The van der Waals surface area contributed by atoms with Crippen molar-refractivity contribution in [1.29, 1.82) is 0 Å². The summed E-state index contributed by atoms with van der Waals surface area (Å²) in [5.41, 5.74) is 0. The Hall–Kier alpha value is -0.950. The van der Waals surface area contributed by atoms with Gasteiger partial charge in [-0.05, 0) is 19.1 Å². The number of hydrogen-bond acceptors (Lipinski definition) is 3. The maximum Gasteiger partial charge on any atom is 0.502 e. The molecule has 0 fully saturated rings. The second-order valence-corrected chi connectivity index (χ2v) is 4.36. The molecule has 1 aromatic rings. The van der Waals surface area contributed by atoms with Gasteiger partial charge in [-0.1, -0.05) is 27.5 Å². The Labute approximate surface area is 114 Å². The SMILES string of the molecule is CCOC(=O)C(F)(F)Oc1c(F)cc(Br)cc1Cl. The third-order valence-corrected chi connectivity index (χ3v) is 2.44. The molecule has 100 valence electrons. The van der Waals surface area contributed by atoms with Crippen molar-refractivity contribution in [3.8, 4) is 5.75 Å². The molecule has 0 N–H and O–H groups in total. The summed E-state index contributed by atoms with van der Waals surface area (Å²) in [6, 6.07) is 2.03. The maximum absolute atomic E-state index is 13.4. The monoisotopic (exact) mass is 346 g/mol. The van der Waals surface area contributed by atoms with E-state index in [0.717, 1.165) is 12.1 Å². The molecule has 1 rings (SSSR count). The fraction of sp³-hybridized carbons (Fsp3) is 0.300. The summed E-state index contributed by atoms with van der Waals surface area (Å²) in [6.07, 6.45) is -4.31. The van der Waals surface area contributed by atoms with E-state index in [4.69, 9.17) is 11.6 Å². The number of halogens is 5. The van der Waals surface area contributed by atoms with Gasteiger partial charge in [0.1, 0.15) is 0 Å². The molecule has 0 aromatic heterocycles. The number of carbonyl (C=O) groups excluding carboxylic acids is 1. The van der Waals surface area contributed by atoms with Crippen LogP contribution in [0, 0.1) is 5.82 Å². The van der Waals surface area contributed by atoms with Crippen LogP contribution in [0.5, 0.6) is 5.75 Å². The molecule has 3 nitrogen and oxygen atoms in total. The summed E-state index contributed by atoms with van der Waals surface area (Å²) >= 11 is 8.46. The van der Waals surface area contributed by atoms with Crippen LogP contribution < -0.4 is 4.74 Å². The first-order chi connectivity index (χ1) is 8.27. The van der Waals surface area contributed by atoms with Crippen LogP contribution in [0.1, 0.15) is 6.92 Å². The predicted molar refractivity (Wildman–Crippen MR) is 61.3 cm³/mol. The molecule has 18 heavy (non-hydrogen) atoms. The number of benzene rings is 1. The fourth-order valence-electron chi connectivity index (χ4n) is 1.01. The molecule has 0 aliphatic rings. The van der Waals surface area contributed by atoms with Gasteiger partial charge >= 0.3 is 12.1 Å². The number of ether oxygens (including phenoxy) is 2. The highest BCUT2D eigenvalue weighted by Gasteiger charge is 2.45. The zero-order valence-electron chi connectivity index (χ0n) is 8.98. The van der Waals surface area contributed by atoms with Gasteiger partial charge in [-0.3, -0.25) is 0 Å². The van der Waals surface area contributed by atoms with E-state index in [2.05, 4.69) is 25.4 Å². The largest absolute Gasteiger partial charge is 0.502 e. The Kier molecular flexibility index (Phi) is 4.86. The molecular weight excluding hydrogens is 340 g/mol. The Morgan fingerprint density at radius 1 is 1.50 bits per heavy atom. The van der Waals surface area contributed by atoms with Crippen molar-refractivity contribution >= 4 is 33.5 Å². The first kappa shape index (κ1) is 15.1. The van der Waals surface area contributed by atoms with Crippen molar-refractivity contribution in [1.82, 2.24) is 0 Å². The lowest BCUT2D eigenvalue weighted by molar-refractivity contribution is -0.216. The molecule has 0 amide bonds. The highest BCUT2D eigenvalue weighted by Crippen LogP contribution is 2.35. The lowest BCUT2D eigenvalue weighted by Gasteiger charge is -2.17. The van der Waals surface area contributed by atoms with Crippen molar-refractivity contribution in [2.24, 2.45) is 0 Å². The second kappa shape index (κ2) is 5.79. The smallest absolute Gasteiger partial charge is 0.459 e. The second-order valence-electron chi connectivity index (χ2n) is 3.04. The van der Waals surface area contributed by atoms with Gasteiger partial charge in [-0.15, -0.1) is 0 Å². The topological polar surface area (TPSA) is 35.5 Å². The van der Waals surface area contributed by atoms with Crippen LogP contribution >= 0.6 is 27.5 Å². The highest BCUT2D eigenvalue weighted by molar-refractivity contribution is 9.10. The van der Waals surface area contributed by atoms with E-state index in [1.165, 1.54) is 6.92 Å². The van der Waals surface area contributed by atoms with E-state index in [9.17, 15) is 18.0 Å². The van der Waals surface area contributed by atoms with E-state index in [1.807, 2.05) is 0 Å². The minimum atomic E-state index is -4.31. The summed E-state index contributed by atoms with van der Waals surface area (Å²) in [7, 11) is 0. The number of rotatable bonds is 4. The van der Waals surface area contributed by atoms with Crippen LogP contribution in [-0.4, -0.2) is 18.7 Å². The summed E-state index contributed by atoms with van der Waals surface area (Å²) in [5.74, 6) is -3.96. The maximum atomic E-state index is 13.4. The lowest BCUT2D eigenvalue weighted by atomic mass is 10.3. The van der Waals surface area contributed by atoms with Crippen molar-refractivity contribution in [3.63, 3.8) is 0 Å². The highest BCUT2D eigenvalue weighted by atomic mass is 79.9. The number of hydrogen-bond donors (Lipinski definition) is 0. The molecule has 0 saturated heterocycles. The van der Waals surface area contributed by atoms with Crippen LogP contribution in [0.25, 0.3) is 0 Å². The summed E-state index contributed by atoms with van der Waals surface area (Å²) in [6.45, 7) is 1.09. The average molecular weight is 348 g/mol. The summed E-state index contributed by atoms with van der Waals surface area (Å²) in [5, 5.41) is -0.397. The van der Waals surface area contributed by atoms with E-state index in [1.54, 1.807) is 0 Å². The van der Waals surface area contributed by atoms with Crippen LogP contribution in [0.3, 0.4) is 0 Å². The summed E-state index contributed by atoms with van der Waals surface area (Å²) < 4.78 is 48.1. The van der Waals surface area contributed by atoms with Gasteiger partial charge in [-0.25, -0.2) is 9.18 Å². The first-order valence-electron chi connectivity index (χ1n) is 4.66. The standard InChI is InChI=1S/C10H7BrClF3O3/c1-2-17-9(16)10(14,15)18-8-6(12)3-5(11)4-7(8)13/h3-4H,2H2,1H3. The van der Waals surface area contributed by atoms with Crippen molar-refractivity contribution in [2.75, 3.05) is 6.61 Å². The fourth-order valence-corrected chi connectivity index (χ4v) is 1.82. The van der Waals surface area contributed by atoms with Gasteiger partial charge in [-0.2, -0.15) is 8.78 Å². The number of carbonyl (C=O) groups is 1. The lowest BCUT2D eigenvalue weighted by Crippen LogP contribution is -2.37. The molecule has 0 unspecified atom stereocenters. The van der Waals surface area contributed by atoms with Crippen molar-refractivity contribution in [2.45, 2.75) is 13.0 Å². The molecule has 0 bridgehead atoms. The molecule has 0 radical (unpaired) electrons. The molecule has 0 spiro atoms. The van der Waals surface area contributed by atoms with Crippen LogP contribution in [0.4, 0.5) is 13.2 Å². The van der Waals surface area contributed by atoms with Gasteiger partial charge in [0.2, 0.25) is 0 Å². The van der Waals surface area contributed by atoms with Gasteiger partial charge in [0.15, 0.2) is 11.6 Å². The molecule has 8 heteroatoms. The Balaban J connectivity index is 3.00. The average Bonchev–Trinajstić information content (AvgIpc) is 2.23.